The molecule has 2 aliphatic rings. The van der Waals surface area contributed by atoms with Crippen molar-refractivity contribution in [2.75, 3.05) is 13.1 Å². The molecule has 1 aliphatic carbocycles. The third kappa shape index (κ3) is 3.75. The summed E-state index contributed by atoms with van der Waals surface area (Å²) in [6.45, 7) is 8.07. The lowest BCUT2D eigenvalue weighted by Crippen LogP contribution is -2.48. The van der Waals surface area contributed by atoms with Gasteiger partial charge in [0.15, 0.2) is 0 Å². The van der Waals surface area contributed by atoms with Crippen molar-refractivity contribution in [3.63, 3.8) is 0 Å². The van der Waals surface area contributed by atoms with Crippen molar-refractivity contribution in [3.05, 3.63) is 0 Å². The van der Waals surface area contributed by atoms with Crippen LogP contribution in [0.3, 0.4) is 0 Å². The Morgan fingerprint density at radius 3 is 2.53 bits per heavy atom. The fourth-order valence-corrected chi connectivity index (χ4v) is 2.62. The van der Waals surface area contributed by atoms with Gasteiger partial charge in [0.2, 0.25) is 0 Å². The molecule has 2 N–H and O–H groups in total. The molecule has 1 heterocycles. The molecule has 0 unspecified atom stereocenters. The molecule has 0 bridgehead atoms. The summed E-state index contributed by atoms with van der Waals surface area (Å²) < 4.78 is 5.37. The van der Waals surface area contributed by atoms with E-state index in [-0.39, 0.29) is 30.1 Å². The van der Waals surface area contributed by atoms with E-state index < -0.39 is 0 Å². The first kappa shape index (κ1) is 14.6. The summed E-state index contributed by atoms with van der Waals surface area (Å²) in [6.07, 6.45) is 3.13. The Kier molecular flexibility index (Phi) is 4.31. The van der Waals surface area contributed by atoms with Crippen molar-refractivity contribution < 1.29 is 9.53 Å². The van der Waals surface area contributed by atoms with Crippen LogP contribution in [0.1, 0.15) is 40.0 Å². The van der Waals surface area contributed by atoms with Gasteiger partial charge in [-0.15, -0.1) is 12.4 Å². The van der Waals surface area contributed by atoms with Gasteiger partial charge in [-0.2, -0.15) is 0 Å². The second-order valence-corrected chi connectivity index (χ2v) is 6.24. The van der Waals surface area contributed by atoms with Crippen LogP contribution in [0.15, 0.2) is 0 Å². The molecule has 0 aromatic heterocycles. The summed E-state index contributed by atoms with van der Waals surface area (Å²) in [5.41, 5.74) is 0.222. The summed E-state index contributed by atoms with van der Waals surface area (Å²) in [5.74, 6) is 0. The van der Waals surface area contributed by atoms with Gasteiger partial charge in [-0.25, -0.2) is 4.79 Å². The number of hydrogen-bond donors (Lipinski definition) is 2. The summed E-state index contributed by atoms with van der Waals surface area (Å²) in [6, 6.07) is 0. The Hall–Kier alpha value is -0.480. The highest BCUT2D eigenvalue weighted by atomic mass is 35.5. The normalized spacial score (nSPS) is 31.6. The van der Waals surface area contributed by atoms with Crippen molar-refractivity contribution in [2.24, 2.45) is 5.41 Å². The molecule has 17 heavy (non-hydrogen) atoms. The number of halogens is 1. The molecule has 1 saturated heterocycles. The maximum absolute atomic E-state index is 11.5. The maximum Gasteiger partial charge on any atom is 0.407 e. The van der Waals surface area contributed by atoms with Gasteiger partial charge in [-0.05, 0) is 52.0 Å². The topological polar surface area (TPSA) is 50.4 Å². The van der Waals surface area contributed by atoms with Crippen molar-refractivity contribution >= 4 is 18.5 Å². The Morgan fingerprint density at radius 1 is 1.41 bits per heavy atom. The predicted octanol–water partition coefficient (Wildman–Crippen LogP) is 2.08. The van der Waals surface area contributed by atoms with Gasteiger partial charge in [0.25, 0.3) is 0 Å². The van der Waals surface area contributed by atoms with Crippen LogP contribution in [0.4, 0.5) is 4.79 Å². The third-order valence-electron chi connectivity index (χ3n) is 3.40. The van der Waals surface area contributed by atoms with Gasteiger partial charge in [0.05, 0.1) is 0 Å². The van der Waals surface area contributed by atoms with E-state index in [0.717, 1.165) is 25.9 Å². The smallest absolute Gasteiger partial charge is 0.407 e. The molecule has 1 saturated carbocycles. The van der Waals surface area contributed by atoms with E-state index in [2.05, 4.69) is 10.6 Å². The standard InChI is InChI=1S/C12H22N2O2.ClH/c1-11(2,3)14-10(15)16-9-6-12(7-9)4-5-13-8-12;/h9,13H,4-8H2,1-3H3,(H,14,15);1H. The van der Waals surface area contributed by atoms with E-state index >= 15 is 0 Å². The van der Waals surface area contributed by atoms with Gasteiger partial charge >= 0.3 is 6.09 Å². The van der Waals surface area contributed by atoms with Gasteiger partial charge < -0.3 is 15.4 Å². The zero-order valence-corrected chi connectivity index (χ0v) is 11.7. The zero-order valence-electron chi connectivity index (χ0n) is 10.8. The third-order valence-corrected chi connectivity index (χ3v) is 3.40. The van der Waals surface area contributed by atoms with E-state index in [1.54, 1.807) is 0 Å². The van der Waals surface area contributed by atoms with Crippen LogP contribution >= 0.6 is 12.4 Å². The summed E-state index contributed by atoms with van der Waals surface area (Å²) >= 11 is 0. The average Bonchev–Trinajstić information content (AvgIpc) is 2.47. The fraction of sp³-hybridized carbons (Fsp3) is 0.917. The molecule has 0 radical (unpaired) electrons. The van der Waals surface area contributed by atoms with E-state index in [9.17, 15) is 4.79 Å². The lowest BCUT2D eigenvalue weighted by atomic mass is 9.66. The van der Waals surface area contributed by atoms with Gasteiger partial charge in [0, 0.05) is 12.1 Å². The van der Waals surface area contributed by atoms with Crippen LogP contribution in [0, 0.1) is 5.41 Å². The Morgan fingerprint density at radius 2 is 2.06 bits per heavy atom. The second-order valence-electron chi connectivity index (χ2n) is 6.24. The molecular weight excluding hydrogens is 240 g/mol. The van der Waals surface area contributed by atoms with Crippen LogP contribution in [0.2, 0.25) is 0 Å². The molecule has 1 aliphatic heterocycles. The van der Waals surface area contributed by atoms with Crippen LogP contribution in [-0.2, 0) is 4.74 Å². The largest absolute Gasteiger partial charge is 0.446 e. The highest BCUT2D eigenvalue weighted by Gasteiger charge is 2.47. The quantitative estimate of drug-likeness (QED) is 0.761. The number of alkyl carbamates (subject to hydrolysis) is 1. The second kappa shape index (κ2) is 5.02. The van der Waals surface area contributed by atoms with Crippen LogP contribution in [0.5, 0.6) is 0 Å². The van der Waals surface area contributed by atoms with E-state index in [1.807, 2.05) is 20.8 Å². The number of rotatable bonds is 1. The Balaban J connectivity index is 0.00000144. The minimum absolute atomic E-state index is 0. The molecule has 4 nitrogen and oxygen atoms in total. The number of carbonyl (C=O) groups is 1. The first-order chi connectivity index (χ1) is 7.39. The van der Waals surface area contributed by atoms with Gasteiger partial charge in [-0.3, -0.25) is 0 Å². The highest BCUT2D eigenvalue weighted by Crippen LogP contribution is 2.47. The summed E-state index contributed by atoms with van der Waals surface area (Å²) in [5, 5.41) is 6.19. The molecule has 2 fully saturated rings. The van der Waals surface area contributed by atoms with Crippen LogP contribution in [-0.4, -0.2) is 30.8 Å². The van der Waals surface area contributed by atoms with Gasteiger partial charge in [0.1, 0.15) is 6.10 Å². The monoisotopic (exact) mass is 262 g/mol. The van der Waals surface area contributed by atoms with E-state index in [4.69, 9.17) is 4.74 Å². The number of carbonyl (C=O) groups excluding carboxylic acids is 1. The predicted molar refractivity (Wildman–Crippen MR) is 69.6 cm³/mol. The molecule has 0 aromatic carbocycles. The molecule has 2 rings (SSSR count). The summed E-state index contributed by atoms with van der Waals surface area (Å²) in [4.78, 5) is 11.5. The lowest BCUT2D eigenvalue weighted by molar-refractivity contribution is -0.0330. The van der Waals surface area contributed by atoms with Crippen LogP contribution in [0.25, 0.3) is 0 Å². The zero-order chi connectivity index (χ0) is 11.8. The van der Waals surface area contributed by atoms with E-state index in [1.165, 1.54) is 6.42 Å². The molecule has 100 valence electrons. The first-order valence-corrected chi connectivity index (χ1v) is 6.08. The number of amides is 1. The minimum atomic E-state index is -0.279. The van der Waals surface area contributed by atoms with Crippen molar-refractivity contribution in [1.82, 2.24) is 10.6 Å². The molecule has 0 aromatic rings. The van der Waals surface area contributed by atoms with Gasteiger partial charge in [-0.1, -0.05) is 0 Å². The Bertz CT molecular complexity index is 275. The fourth-order valence-electron chi connectivity index (χ4n) is 2.62. The molecule has 1 amide bonds. The Labute approximate surface area is 109 Å². The van der Waals surface area contributed by atoms with Crippen molar-refractivity contribution in [1.29, 1.82) is 0 Å². The lowest BCUT2D eigenvalue weighted by Gasteiger charge is -2.44. The minimum Gasteiger partial charge on any atom is -0.446 e. The van der Waals surface area contributed by atoms with Crippen molar-refractivity contribution in [3.8, 4) is 0 Å². The summed E-state index contributed by atoms with van der Waals surface area (Å²) in [7, 11) is 0. The SMILES string of the molecule is CC(C)(C)NC(=O)OC1CC2(CCNC2)C1.Cl. The molecular formula is C12H23ClN2O2. The number of hydrogen-bond acceptors (Lipinski definition) is 3. The molecule has 1 spiro atoms. The number of ether oxygens (including phenoxy) is 1. The van der Waals surface area contributed by atoms with Crippen LogP contribution < -0.4 is 10.6 Å². The average molecular weight is 263 g/mol. The van der Waals surface area contributed by atoms with E-state index in [0.29, 0.717) is 5.41 Å². The highest BCUT2D eigenvalue weighted by molar-refractivity contribution is 5.85. The van der Waals surface area contributed by atoms with Crippen molar-refractivity contribution in [2.45, 2.75) is 51.7 Å². The maximum atomic E-state index is 11.5. The number of nitrogens with one attached hydrogen (secondary N) is 2. The first-order valence-electron chi connectivity index (χ1n) is 6.08. The molecule has 5 heteroatoms. The molecule has 0 atom stereocenters.